The summed E-state index contributed by atoms with van der Waals surface area (Å²) in [5.41, 5.74) is 1.75. The summed E-state index contributed by atoms with van der Waals surface area (Å²) in [6.07, 6.45) is 0.448. The lowest BCUT2D eigenvalue weighted by Crippen LogP contribution is -2.74. The number of hydrogen-bond acceptors (Lipinski definition) is 7. The average molecular weight is 478 g/mol. The van der Waals surface area contributed by atoms with Gasteiger partial charge in [0, 0.05) is 43.1 Å². The maximum Gasteiger partial charge on any atom is 0.328 e. The lowest BCUT2D eigenvalue weighted by Gasteiger charge is -2.54. The fourth-order valence-corrected chi connectivity index (χ4v) is 5.30. The molecule has 0 saturated carbocycles. The highest BCUT2D eigenvalue weighted by atomic mass is 16.5. The number of hydrogen-bond donors (Lipinski definition) is 3. The van der Waals surface area contributed by atoms with Crippen LogP contribution in [-0.4, -0.2) is 56.5 Å². The topological polar surface area (TPSA) is 120 Å². The molecule has 3 aliphatic rings. The first kappa shape index (κ1) is 22.7. The van der Waals surface area contributed by atoms with Gasteiger partial charge in [-0.2, -0.15) is 0 Å². The Morgan fingerprint density at radius 3 is 2.46 bits per heavy atom. The molecule has 0 radical (unpaired) electrons. The summed E-state index contributed by atoms with van der Waals surface area (Å²) < 4.78 is 5.26. The van der Waals surface area contributed by atoms with Gasteiger partial charge in [0.15, 0.2) is 5.41 Å². The van der Waals surface area contributed by atoms with Crippen molar-refractivity contribution in [3.8, 4) is 5.75 Å². The van der Waals surface area contributed by atoms with E-state index in [4.69, 9.17) is 4.74 Å². The van der Waals surface area contributed by atoms with Crippen molar-refractivity contribution in [2.75, 3.05) is 41.9 Å². The molecule has 0 aromatic heterocycles. The monoisotopic (exact) mass is 477 g/mol. The summed E-state index contributed by atoms with van der Waals surface area (Å²) in [7, 11) is 1.61. The molecule has 2 saturated heterocycles. The van der Waals surface area contributed by atoms with Crippen LogP contribution in [0.1, 0.15) is 18.9 Å². The smallest absolute Gasteiger partial charge is 0.328 e. The van der Waals surface area contributed by atoms with Crippen molar-refractivity contribution in [1.29, 1.82) is 0 Å². The Hall–Kier alpha value is -4.08. The van der Waals surface area contributed by atoms with Crippen LogP contribution in [0.5, 0.6) is 5.75 Å². The fourth-order valence-electron chi connectivity index (χ4n) is 5.30. The number of benzene rings is 2. The van der Waals surface area contributed by atoms with E-state index in [-0.39, 0.29) is 12.3 Å². The molecule has 0 bridgehead atoms. The minimum Gasteiger partial charge on any atom is -0.497 e. The van der Waals surface area contributed by atoms with Gasteiger partial charge in [-0.3, -0.25) is 25.0 Å². The number of fused-ring (bicyclic) bond motifs is 4. The van der Waals surface area contributed by atoms with Crippen molar-refractivity contribution in [3.63, 3.8) is 0 Å². The second kappa shape index (κ2) is 8.61. The molecule has 10 nitrogen and oxygen atoms in total. The molecule has 10 heteroatoms. The maximum absolute atomic E-state index is 13.4. The van der Waals surface area contributed by atoms with Gasteiger partial charge in [0.2, 0.25) is 17.7 Å². The number of ether oxygens (including phenoxy) is 1. The van der Waals surface area contributed by atoms with Crippen molar-refractivity contribution in [2.24, 2.45) is 5.41 Å². The summed E-state index contributed by atoms with van der Waals surface area (Å²) in [6.45, 7) is 3.42. The van der Waals surface area contributed by atoms with Crippen molar-refractivity contribution >= 4 is 40.8 Å². The average Bonchev–Trinajstić information content (AvgIpc) is 2.86. The molecule has 2 aromatic carbocycles. The van der Waals surface area contributed by atoms with E-state index in [1.807, 2.05) is 42.5 Å². The second-order valence-electron chi connectivity index (χ2n) is 8.98. The van der Waals surface area contributed by atoms with Gasteiger partial charge in [-0.25, -0.2) is 4.79 Å². The van der Waals surface area contributed by atoms with Crippen molar-refractivity contribution < 1.29 is 23.9 Å². The SMILES string of the molecule is CCC(=O)Nc1ccc2c(c1)CC1(C(=O)NC(=O)NC1=O)[C@H]1CN(c3ccc(OC)cc3)CCN21. The number of methoxy groups -OCH3 is 1. The standard InChI is InChI=1S/C25H27N5O5/c1-3-21(31)26-16-4-9-19-15(12-16)13-25(22(32)27-24(34)28-23(25)33)20-14-29(10-11-30(19)20)17-5-7-18(35-2)8-6-17/h4-9,12,20H,3,10-11,13-14H2,1-2H3,(H,26,31)(H2,27,28,32,33,34)/t20-/m1/s1. The molecule has 3 N–H and O–H groups in total. The minimum atomic E-state index is -1.50. The van der Waals surface area contributed by atoms with Gasteiger partial charge in [-0.05, 0) is 54.4 Å². The zero-order chi connectivity index (χ0) is 24.7. The normalized spacial score (nSPS) is 20.5. The van der Waals surface area contributed by atoms with E-state index in [0.717, 1.165) is 22.7 Å². The van der Waals surface area contributed by atoms with E-state index >= 15 is 0 Å². The molecular weight excluding hydrogens is 450 g/mol. The summed E-state index contributed by atoms with van der Waals surface area (Å²) in [5, 5.41) is 7.48. The van der Waals surface area contributed by atoms with Crippen molar-refractivity contribution in [3.05, 3.63) is 48.0 Å². The van der Waals surface area contributed by atoms with Crippen LogP contribution >= 0.6 is 0 Å². The van der Waals surface area contributed by atoms with E-state index in [2.05, 4.69) is 25.8 Å². The number of barbiturate groups is 1. The van der Waals surface area contributed by atoms with Gasteiger partial charge in [0.05, 0.1) is 13.2 Å². The van der Waals surface area contributed by atoms with Crippen molar-refractivity contribution in [1.82, 2.24) is 10.6 Å². The number of rotatable bonds is 4. The number of nitrogens with zero attached hydrogens (tertiary/aromatic N) is 2. The van der Waals surface area contributed by atoms with Crippen LogP contribution < -0.4 is 30.5 Å². The molecule has 2 fully saturated rings. The Balaban J connectivity index is 1.55. The molecule has 1 spiro atoms. The third kappa shape index (κ3) is 3.74. The summed E-state index contributed by atoms with van der Waals surface area (Å²) >= 11 is 0. The van der Waals surface area contributed by atoms with E-state index in [0.29, 0.717) is 31.7 Å². The minimum absolute atomic E-state index is 0.112. The van der Waals surface area contributed by atoms with Crippen LogP contribution in [0, 0.1) is 5.41 Å². The van der Waals surface area contributed by atoms with Crippen LogP contribution in [0.4, 0.5) is 21.9 Å². The van der Waals surface area contributed by atoms with E-state index in [1.54, 1.807) is 14.0 Å². The largest absolute Gasteiger partial charge is 0.497 e. The third-order valence-electron chi connectivity index (χ3n) is 7.11. The first-order chi connectivity index (χ1) is 16.8. The molecule has 35 heavy (non-hydrogen) atoms. The van der Waals surface area contributed by atoms with Gasteiger partial charge < -0.3 is 19.9 Å². The zero-order valence-corrected chi connectivity index (χ0v) is 19.6. The maximum atomic E-state index is 13.4. The number of carbonyl (C=O) groups excluding carboxylic acids is 4. The Morgan fingerprint density at radius 2 is 1.80 bits per heavy atom. The van der Waals surface area contributed by atoms with Gasteiger partial charge in [0.25, 0.3) is 0 Å². The molecule has 182 valence electrons. The Bertz CT molecular complexity index is 1190. The van der Waals surface area contributed by atoms with Crippen LogP contribution in [0.15, 0.2) is 42.5 Å². The molecule has 0 aliphatic carbocycles. The van der Waals surface area contributed by atoms with Gasteiger partial charge in [-0.1, -0.05) is 6.92 Å². The number of anilines is 3. The van der Waals surface area contributed by atoms with Crippen molar-refractivity contribution in [2.45, 2.75) is 25.8 Å². The number of carbonyl (C=O) groups is 4. The number of imide groups is 2. The van der Waals surface area contributed by atoms with Crippen LogP contribution in [-0.2, 0) is 20.8 Å². The zero-order valence-electron chi connectivity index (χ0n) is 19.6. The summed E-state index contributed by atoms with van der Waals surface area (Å²) in [4.78, 5) is 54.8. The first-order valence-electron chi connectivity index (χ1n) is 11.6. The molecule has 2 aromatic rings. The molecule has 1 atom stereocenters. The lowest BCUT2D eigenvalue weighted by atomic mass is 9.68. The summed E-state index contributed by atoms with van der Waals surface area (Å²) in [6, 6.07) is 11.9. The lowest BCUT2D eigenvalue weighted by molar-refractivity contribution is -0.146. The molecular formula is C25H27N5O5. The molecule has 3 heterocycles. The highest BCUT2D eigenvalue weighted by Gasteiger charge is 2.60. The number of amides is 5. The Labute approximate surface area is 202 Å². The van der Waals surface area contributed by atoms with E-state index < -0.39 is 29.3 Å². The molecule has 5 amide bonds. The van der Waals surface area contributed by atoms with Crippen LogP contribution in [0.3, 0.4) is 0 Å². The van der Waals surface area contributed by atoms with Crippen LogP contribution in [0.25, 0.3) is 0 Å². The predicted molar refractivity (Wildman–Crippen MR) is 130 cm³/mol. The molecule has 3 aliphatic heterocycles. The molecule has 0 unspecified atom stereocenters. The number of urea groups is 1. The van der Waals surface area contributed by atoms with E-state index in [1.165, 1.54) is 0 Å². The Morgan fingerprint density at radius 1 is 1.09 bits per heavy atom. The highest BCUT2D eigenvalue weighted by molar-refractivity contribution is 6.20. The summed E-state index contributed by atoms with van der Waals surface area (Å²) in [5.74, 6) is -0.593. The van der Waals surface area contributed by atoms with Gasteiger partial charge >= 0.3 is 6.03 Å². The fraction of sp³-hybridized carbons (Fsp3) is 0.360. The molecule has 5 rings (SSSR count). The van der Waals surface area contributed by atoms with Gasteiger partial charge in [0.1, 0.15) is 5.75 Å². The first-order valence-corrected chi connectivity index (χ1v) is 11.6. The predicted octanol–water partition coefficient (Wildman–Crippen LogP) is 1.65. The Kier molecular flexibility index (Phi) is 5.58. The second-order valence-corrected chi connectivity index (χ2v) is 8.98. The number of piperazine rings is 1. The highest BCUT2D eigenvalue weighted by Crippen LogP contribution is 2.45. The van der Waals surface area contributed by atoms with Crippen LogP contribution in [0.2, 0.25) is 0 Å². The number of nitrogens with one attached hydrogen (secondary N) is 3. The quantitative estimate of drug-likeness (QED) is 0.573. The van der Waals surface area contributed by atoms with E-state index in [9.17, 15) is 19.2 Å². The van der Waals surface area contributed by atoms with Gasteiger partial charge in [-0.15, -0.1) is 0 Å². The third-order valence-corrected chi connectivity index (χ3v) is 7.11.